The van der Waals surface area contributed by atoms with Gasteiger partial charge in [-0.1, -0.05) is 6.07 Å². The number of rotatable bonds is 15. The fourth-order valence-electron chi connectivity index (χ4n) is 4.76. The molecule has 0 spiro atoms. The highest BCUT2D eigenvalue weighted by Crippen LogP contribution is 2.21. The minimum Gasteiger partial charge on any atom is -0.480 e. The molecule has 0 bridgehead atoms. The first-order chi connectivity index (χ1) is 18.4. The van der Waals surface area contributed by atoms with Crippen LogP contribution in [0, 0.1) is 6.92 Å². The van der Waals surface area contributed by atoms with Crippen LogP contribution in [0.25, 0.3) is 11.0 Å². The number of halogens is 1. The van der Waals surface area contributed by atoms with Gasteiger partial charge in [0.25, 0.3) is 0 Å². The number of pyridine rings is 1. The van der Waals surface area contributed by atoms with Gasteiger partial charge in [0.05, 0.1) is 12.3 Å². The Labute approximate surface area is 221 Å². The average Bonchev–Trinajstić information content (AvgIpc) is 3.30. The van der Waals surface area contributed by atoms with Crippen molar-refractivity contribution in [2.75, 3.05) is 50.5 Å². The van der Waals surface area contributed by atoms with Crippen LogP contribution >= 0.6 is 0 Å². The molecule has 1 aliphatic rings. The summed E-state index contributed by atoms with van der Waals surface area (Å²) in [6.45, 7) is 4.01. The highest BCUT2D eigenvalue weighted by atomic mass is 19.1. The summed E-state index contributed by atoms with van der Waals surface area (Å²) in [5.74, 6) is 0.367. The number of H-pyrrole nitrogens is 1. The molecule has 0 saturated heterocycles. The third-order valence-corrected chi connectivity index (χ3v) is 6.78. The Hall–Kier alpha value is -3.38. The number of aromatic nitrogens is 5. The topological polar surface area (TPSA) is 141 Å². The Kier molecular flexibility index (Phi) is 9.77. The number of nitrogens with one attached hydrogen (secondary N) is 3. The van der Waals surface area contributed by atoms with Crippen molar-refractivity contribution in [1.82, 2.24) is 30.0 Å². The molecule has 0 saturated carbocycles. The fraction of sp³-hybridized carbons (Fsp3) is 0.577. The Balaban J connectivity index is 1.33. The second-order valence-electron chi connectivity index (χ2n) is 9.73. The zero-order valence-electron chi connectivity index (χ0n) is 22.0. The summed E-state index contributed by atoms with van der Waals surface area (Å²) >= 11 is 0. The molecule has 2 unspecified atom stereocenters. The second-order valence-corrected chi connectivity index (χ2v) is 9.73. The van der Waals surface area contributed by atoms with E-state index in [0.717, 1.165) is 50.2 Å². The van der Waals surface area contributed by atoms with Crippen LogP contribution in [0.5, 0.6) is 0 Å². The number of carbonyl (C=O) groups is 1. The number of methoxy groups -OCH3 is 1. The highest BCUT2D eigenvalue weighted by Gasteiger charge is 2.22. The van der Waals surface area contributed by atoms with Gasteiger partial charge in [0.1, 0.15) is 35.4 Å². The summed E-state index contributed by atoms with van der Waals surface area (Å²) in [6, 6.07) is 3.34. The third kappa shape index (κ3) is 7.35. The number of unbranched alkanes of at least 4 members (excludes halogenated alkanes) is 1. The van der Waals surface area contributed by atoms with Crippen LogP contribution in [0.2, 0.25) is 0 Å². The smallest absolute Gasteiger partial charge is 0.326 e. The molecule has 0 fully saturated rings. The summed E-state index contributed by atoms with van der Waals surface area (Å²) in [7, 11) is 1.47. The number of ether oxygens (including phenoxy) is 1. The molecule has 4 rings (SSSR count). The van der Waals surface area contributed by atoms with Gasteiger partial charge < -0.3 is 25.4 Å². The number of aromatic amines is 1. The van der Waals surface area contributed by atoms with Gasteiger partial charge in [-0.3, -0.25) is 5.10 Å². The third-order valence-electron chi connectivity index (χ3n) is 6.78. The molecule has 0 amide bonds. The monoisotopic (exact) mass is 528 g/mol. The van der Waals surface area contributed by atoms with Crippen LogP contribution in [0.15, 0.2) is 18.5 Å². The van der Waals surface area contributed by atoms with Gasteiger partial charge in [-0.05, 0) is 63.6 Å². The number of alkyl halides is 1. The summed E-state index contributed by atoms with van der Waals surface area (Å²) in [6.07, 6.45) is 5.28. The number of nitrogens with zero attached hydrogens (tertiary/aromatic N) is 5. The van der Waals surface area contributed by atoms with Crippen LogP contribution in [0.3, 0.4) is 0 Å². The number of aryl methyl sites for hydroxylation is 3. The van der Waals surface area contributed by atoms with Gasteiger partial charge in [0, 0.05) is 32.4 Å². The van der Waals surface area contributed by atoms with Crippen LogP contribution in [-0.4, -0.2) is 93.2 Å². The Morgan fingerprint density at radius 1 is 1.29 bits per heavy atom. The van der Waals surface area contributed by atoms with Crippen molar-refractivity contribution >= 4 is 28.6 Å². The predicted molar refractivity (Wildman–Crippen MR) is 143 cm³/mol. The summed E-state index contributed by atoms with van der Waals surface area (Å²) in [5, 5.41) is 23.2. The van der Waals surface area contributed by atoms with Crippen molar-refractivity contribution in [3.05, 3.63) is 35.4 Å². The SMILES string of the molecule is COCC(F)CN(CCCCc1ccc2c(n1)NCCC2)CCC(Nc1ncnc2c(C)n[nH]c12)C(=O)O. The van der Waals surface area contributed by atoms with E-state index >= 15 is 0 Å². The van der Waals surface area contributed by atoms with Gasteiger partial charge in [0.15, 0.2) is 5.82 Å². The summed E-state index contributed by atoms with van der Waals surface area (Å²) < 4.78 is 19.4. The van der Waals surface area contributed by atoms with Crippen LogP contribution in [0.4, 0.5) is 16.0 Å². The van der Waals surface area contributed by atoms with Crippen molar-refractivity contribution < 1.29 is 19.0 Å². The molecule has 11 nitrogen and oxygen atoms in total. The zero-order chi connectivity index (χ0) is 26.9. The standard InChI is InChI=1S/C26H37FN8O3/c1-17-22-23(34-33-17)25(30-16-29-22)32-21(26(36)37)10-13-35(14-19(27)15-38-2)12-4-3-7-20-9-8-18-6-5-11-28-24(18)31-20/h8-9,16,19,21H,3-7,10-15H2,1-2H3,(H,28,31)(H,33,34)(H,36,37)(H,29,30,32). The fourth-order valence-corrected chi connectivity index (χ4v) is 4.76. The summed E-state index contributed by atoms with van der Waals surface area (Å²) in [5.41, 5.74) is 4.22. The van der Waals surface area contributed by atoms with E-state index in [1.54, 1.807) is 0 Å². The molecule has 2 atom stereocenters. The number of fused-ring (bicyclic) bond motifs is 2. The number of aliphatic carboxylic acids is 1. The lowest BCUT2D eigenvalue weighted by atomic mass is 10.1. The maximum atomic E-state index is 14.5. The van der Waals surface area contributed by atoms with E-state index in [2.05, 4.69) is 42.9 Å². The molecular weight excluding hydrogens is 491 g/mol. The maximum absolute atomic E-state index is 14.5. The molecule has 3 aromatic rings. The lowest BCUT2D eigenvalue weighted by Crippen LogP contribution is -2.38. The van der Waals surface area contributed by atoms with E-state index in [9.17, 15) is 14.3 Å². The number of carboxylic acid groups (broad SMARTS) is 1. The largest absolute Gasteiger partial charge is 0.480 e. The predicted octanol–water partition coefficient (Wildman–Crippen LogP) is 2.98. The minimum atomic E-state index is -1.15. The molecule has 4 heterocycles. The lowest BCUT2D eigenvalue weighted by molar-refractivity contribution is -0.138. The van der Waals surface area contributed by atoms with Gasteiger partial charge in [-0.15, -0.1) is 0 Å². The zero-order valence-corrected chi connectivity index (χ0v) is 22.0. The lowest BCUT2D eigenvalue weighted by Gasteiger charge is -2.26. The van der Waals surface area contributed by atoms with E-state index in [1.165, 1.54) is 19.0 Å². The minimum absolute atomic E-state index is 0.00124. The summed E-state index contributed by atoms with van der Waals surface area (Å²) in [4.78, 5) is 27.2. The normalized spacial score (nSPS) is 14.7. The van der Waals surface area contributed by atoms with E-state index in [4.69, 9.17) is 9.72 Å². The van der Waals surface area contributed by atoms with Gasteiger partial charge in [-0.2, -0.15) is 5.10 Å². The Bertz CT molecular complexity index is 1210. The molecule has 38 heavy (non-hydrogen) atoms. The second kappa shape index (κ2) is 13.4. The van der Waals surface area contributed by atoms with Gasteiger partial charge in [-0.25, -0.2) is 24.1 Å². The van der Waals surface area contributed by atoms with Crippen LogP contribution in [0.1, 0.15) is 42.6 Å². The number of hydrogen-bond acceptors (Lipinski definition) is 9. The number of carboxylic acids is 1. The van der Waals surface area contributed by atoms with Gasteiger partial charge in [0.2, 0.25) is 0 Å². The molecule has 1 aliphatic heterocycles. The van der Waals surface area contributed by atoms with Gasteiger partial charge >= 0.3 is 5.97 Å². The number of anilines is 2. The molecule has 0 radical (unpaired) electrons. The quantitative estimate of drug-likeness (QED) is 0.218. The van der Waals surface area contributed by atoms with Crippen molar-refractivity contribution in [3.8, 4) is 0 Å². The van der Waals surface area contributed by atoms with Crippen molar-refractivity contribution in [2.45, 2.75) is 57.7 Å². The van der Waals surface area contributed by atoms with Crippen LogP contribution < -0.4 is 10.6 Å². The maximum Gasteiger partial charge on any atom is 0.326 e. The molecule has 3 aromatic heterocycles. The Morgan fingerprint density at radius 2 is 2.16 bits per heavy atom. The molecular formula is C26H37FN8O3. The van der Waals surface area contributed by atoms with E-state index in [-0.39, 0.29) is 19.6 Å². The molecule has 4 N–H and O–H groups in total. The first kappa shape index (κ1) is 27.6. The van der Waals surface area contributed by atoms with E-state index < -0.39 is 18.2 Å². The average molecular weight is 529 g/mol. The molecule has 12 heteroatoms. The molecule has 0 aromatic carbocycles. The highest BCUT2D eigenvalue weighted by molar-refractivity contribution is 5.88. The van der Waals surface area contributed by atoms with E-state index in [0.29, 0.717) is 35.6 Å². The van der Waals surface area contributed by atoms with E-state index in [1.807, 2.05) is 11.8 Å². The molecule has 0 aliphatic carbocycles. The first-order valence-corrected chi connectivity index (χ1v) is 13.2. The number of hydrogen-bond donors (Lipinski definition) is 4. The molecule has 206 valence electrons. The van der Waals surface area contributed by atoms with Crippen LogP contribution in [-0.2, 0) is 22.4 Å². The Morgan fingerprint density at radius 3 is 2.97 bits per heavy atom. The van der Waals surface area contributed by atoms with Crippen molar-refractivity contribution in [2.24, 2.45) is 0 Å². The van der Waals surface area contributed by atoms with Crippen molar-refractivity contribution in [1.29, 1.82) is 0 Å². The first-order valence-electron chi connectivity index (χ1n) is 13.2. The van der Waals surface area contributed by atoms with Crippen molar-refractivity contribution in [3.63, 3.8) is 0 Å².